The maximum absolute atomic E-state index is 12.1. The number of sulfonamides is 1. The number of benzene rings is 1. The number of carbonyl (C=O) groups is 1. The van der Waals surface area contributed by atoms with Gasteiger partial charge in [0.2, 0.25) is 15.9 Å². The summed E-state index contributed by atoms with van der Waals surface area (Å²) in [6.45, 7) is 1.73. The molecular formula is C16H24N2O3S2. The van der Waals surface area contributed by atoms with Gasteiger partial charge in [0, 0.05) is 10.9 Å². The first-order valence-corrected chi connectivity index (χ1v) is 10.4. The number of carbonyl (C=O) groups excluding carboxylic acids is 1. The van der Waals surface area contributed by atoms with Gasteiger partial charge in [0.05, 0.1) is 10.6 Å². The number of hydrogen-bond acceptors (Lipinski definition) is 4. The van der Waals surface area contributed by atoms with Crippen molar-refractivity contribution in [3.63, 3.8) is 0 Å². The fourth-order valence-corrected chi connectivity index (χ4v) is 4.82. The smallest absolute Gasteiger partial charge is 0.240 e. The molecule has 2 N–H and O–H groups in total. The van der Waals surface area contributed by atoms with E-state index < -0.39 is 10.0 Å². The highest BCUT2D eigenvalue weighted by atomic mass is 32.2. The van der Waals surface area contributed by atoms with Gasteiger partial charge in [0.15, 0.2) is 0 Å². The van der Waals surface area contributed by atoms with Gasteiger partial charge in [-0.1, -0.05) is 25.3 Å². The molecule has 0 radical (unpaired) electrons. The summed E-state index contributed by atoms with van der Waals surface area (Å²) >= 11 is 1.70. The van der Waals surface area contributed by atoms with Crippen molar-refractivity contribution in [2.75, 3.05) is 18.1 Å². The standard InChI is InChI=1S/C16H24N2O3S2/c1-12-8-9-13(10-15(12)23(20,21)17-2)18-16(19)11-22-14-6-4-3-5-7-14/h8-10,14,17H,3-7,11H2,1-2H3,(H,18,19). The molecule has 0 unspecified atom stereocenters. The van der Waals surface area contributed by atoms with Crippen LogP contribution in [-0.2, 0) is 14.8 Å². The molecule has 2 rings (SSSR count). The molecule has 0 aliphatic heterocycles. The van der Waals surface area contributed by atoms with E-state index >= 15 is 0 Å². The molecule has 0 spiro atoms. The van der Waals surface area contributed by atoms with Gasteiger partial charge in [-0.15, -0.1) is 11.8 Å². The molecule has 0 atom stereocenters. The van der Waals surface area contributed by atoms with Gasteiger partial charge in [-0.05, 0) is 44.5 Å². The van der Waals surface area contributed by atoms with Gasteiger partial charge in [-0.2, -0.15) is 0 Å². The molecule has 1 amide bonds. The van der Waals surface area contributed by atoms with Crippen LogP contribution in [0, 0.1) is 6.92 Å². The summed E-state index contributed by atoms with van der Waals surface area (Å²) in [5.41, 5.74) is 1.16. The number of amides is 1. The molecule has 1 aliphatic rings. The Kier molecular flexibility index (Phi) is 6.50. The molecule has 0 saturated heterocycles. The van der Waals surface area contributed by atoms with Crippen LogP contribution in [-0.4, -0.2) is 32.4 Å². The van der Waals surface area contributed by atoms with E-state index in [2.05, 4.69) is 10.0 Å². The fraction of sp³-hybridized carbons (Fsp3) is 0.562. The Morgan fingerprint density at radius 2 is 1.96 bits per heavy atom. The lowest BCUT2D eigenvalue weighted by Crippen LogP contribution is -2.21. The Morgan fingerprint density at radius 3 is 2.61 bits per heavy atom. The van der Waals surface area contributed by atoms with Crippen molar-refractivity contribution in [1.29, 1.82) is 0 Å². The first kappa shape index (κ1) is 18.3. The zero-order chi connectivity index (χ0) is 16.9. The molecule has 0 bridgehead atoms. The van der Waals surface area contributed by atoms with E-state index in [0.717, 1.165) is 0 Å². The number of nitrogens with one attached hydrogen (secondary N) is 2. The lowest BCUT2D eigenvalue weighted by Gasteiger charge is -2.20. The fourth-order valence-electron chi connectivity index (χ4n) is 2.70. The minimum atomic E-state index is -3.52. The Labute approximate surface area is 142 Å². The van der Waals surface area contributed by atoms with E-state index in [9.17, 15) is 13.2 Å². The van der Waals surface area contributed by atoms with Crippen LogP contribution in [0.1, 0.15) is 37.7 Å². The predicted molar refractivity (Wildman–Crippen MR) is 95.4 cm³/mol. The van der Waals surface area contributed by atoms with Crippen molar-refractivity contribution in [2.24, 2.45) is 0 Å². The lowest BCUT2D eigenvalue weighted by atomic mass is 10.0. The Morgan fingerprint density at radius 1 is 1.26 bits per heavy atom. The number of aryl methyl sites for hydroxylation is 1. The van der Waals surface area contributed by atoms with Crippen molar-refractivity contribution in [3.8, 4) is 0 Å². The van der Waals surface area contributed by atoms with Gasteiger partial charge < -0.3 is 5.32 Å². The first-order chi connectivity index (χ1) is 10.9. The Hall–Kier alpha value is -1.05. The summed E-state index contributed by atoms with van der Waals surface area (Å²) in [4.78, 5) is 12.3. The lowest BCUT2D eigenvalue weighted by molar-refractivity contribution is -0.113. The van der Waals surface area contributed by atoms with E-state index in [4.69, 9.17) is 0 Å². The zero-order valence-corrected chi connectivity index (χ0v) is 15.2. The second-order valence-corrected chi connectivity index (χ2v) is 8.95. The summed E-state index contributed by atoms with van der Waals surface area (Å²) in [6.07, 6.45) is 6.18. The van der Waals surface area contributed by atoms with Gasteiger partial charge in [0.25, 0.3) is 0 Å². The van der Waals surface area contributed by atoms with E-state index in [1.807, 2.05) is 0 Å². The molecule has 0 aromatic heterocycles. The molecule has 7 heteroatoms. The highest BCUT2D eigenvalue weighted by Gasteiger charge is 2.17. The summed E-state index contributed by atoms with van der Waals surface area (Å²) in [5.74, 6) is 0.323. The third-order valence-electron chi connectivity index (χ3n) is 4.03. The number of thioether (sulfide) groups is 1. The first-order valence-electron chi connectivity index (χ1n) is 7.88. The van der Waals surface area contributed by atoms with E-state index in [-0.39, 0.29) is 10.8 Å². The van der Waals surface area contributed by atoms with E-state index in [1.54, 1.807) is 30.8 Å². The monoisotopic (exact) mass is 356 g/mol. The molecule has 23 heavy (non-hydrogen) atoms. The van der Waals surface area contributed by atoms with Crippen molar-refractivity contribution >= 4 is 33.4 Å². The molecule has 1 saturated carbocycles. The normalized spacial score (nSPS) is 16.3. The van der Waals surface area contributed by atoms with Crippen LogP contribution in [0.4, 0.5) is 5.69 Å². The average Bonchev–Trinajstić information content (AvgIpc) is 2.55. The average molecular weight is 357 g/mol. The maximum atomic E-state index is 12.1. The Balaban J connectivity index is 1.97. The molecule has 1 aromatic rings. The molecule has 1 aromatic carbocycles. The van der Waals surface area contributed by atoms with Crippen LogP contribution in [0.25, 0.3) is 0 Å². The summed E-state index contributed by atoms with van der Waals surface area (Å²) < 4.78 is 26.2. The van der Waals surface area contributed by atoms with Crippen molar-refractivity contribution in [1.82, 2.24) is 4.72 Å². The van der Waals surface area contributed by atoms with Crippen molar-refractivity contribution in [2.45, 2.75) is 49.2 Å². The van der Waals surface area contributed by atoms with Gasteiger partial charge in [-0.3, -0.25) is 4.79 Å². The third kappa shape index (κ3) is 5.22. The number of rotatable bonds is 6. The van der Waals surface area contributed by atoms with Crippen molar-refractivity contribution < 1.29 is 13.2 Å². The highest BCUT2D eigenvalue weighted by Crippen LogP contribution is 2.28. The van der Waals surface area contributed by atoms with Crippen LogP contribution in [0.15, 0.2) is 23.1 Å². The van der Waals surface area contributed by atoms with Crippen molar-refractivity contribution in [3.05, 3.63) is 23.8 Å². The maximum Gasteiger partial charge on any atom is 0.240 e. The van der Waals surface area contributed by atoms with Crippen LogP contribution >= 0.6 is 11.8 Å². The van der Waals surface area contributed by atoms with Gasteiger partial charge in [-0.25, -0.2) is 13.1 Å². The number of hydrogen-bond donors (Lipinski definition) is 2. The predicted octanol–water partition coefficient (Wildman–Crippen LogP) is 2.91. The van der Waals surface area contributed by atoms with E-state index in [1.165, 1.54) is 45.2 Å². The van der Waals surface area contributed by atoms with Crippen LogP contribution in [0.5, 0.6) is 0 Å². The topological polar surface area (TPSA) is 75.3 Å². The highest BCUT2D eigenvalue weighted by molar-refractivity contribution is 8.00. The van der Waals surface area contributed by atoms with Crippen LogP contribution in [0.2, 0.25) is 0 Å². The molecule has 1 fully saturated rings. The minimum Gasteiger partial charge on any atom is -0.325 e. The molecular weight excluding hydrogens is 332 g/mol. The minimum absolute atomic E-state index is 0.0859. The van der Waals surface area contributed by atoms with Gasteiger partial charge in [0.1, 0.15) is 0 Å². The quantitative estimate of drug-likeness (QED) is 0.822. The SMILES string of the molecule is CNS(=O)(=O)c1cc(NC(=O)CSC2CCCCC2)ccc1C. The second-order valence-electron chi connectivity index (χ2n) is 5.81. The second kappa shape index (κ2) is 8.17. The van der Waals surface area contributed by atoms with Crippen LogP contribution in [0.3, 0.4) is 0 Å². The van der Waals surface area contributed by atoms with Gasteiger partial charge >= 0.3 is 0 Å². The largest absolute Gasteiger partial charge is 0.325 e. The summed E-state index contributed by atoms with van der Waals surface area (Å²) in [7, 11) is -2.15. The van der Waals surface area contributed by atoms with E-state index in [0.29, 0.717) is 22.3 Å². The Bertz CT molecular complexity index is 653. The number of anilines is 1. The molecule has 5 nitrogen and oxygen atoms in total. The summed E-state index contributed by atoms with van der Waals surface area (Å²) in [5, 5.41) is 3.37. The molecule has 128 valence electrons. The molecule has 1 aliphatic carbocycles. The zero-order valence-electron chi connectivity index (χ0n) is 13.6. The summed E-state index contributed by atoms with van der Waals surface area (Å²) in [6, 6.07) is 4.94. The third-order valence-corrected chi connectivity index (χ3v) is 6.96. The molecule has 0 heterocycles. The van der Waals surface area contributed by atoms with Crippen LogP contribution < -0.4 is 10.0 Å².